The lowest BCUT2D eigenvalue weighted by atomic mass is 9.80. The van der Waals surface area contributed by atoms with Gasteiger partial charge in [0.25, 0.3) is 0 Å². The maximum absolute atomic E-state index is 13.1. The largest absolute Gasteiger partial charge is 0.379 e. The van der Waals surface area contributed by atoms with Crippen LogP contribution in [0, 0.1) is 0 Å². The molecule has 3 amide bonds. The average molecular weight is 311 g/mol. The summed E-state index contributed by atoms with van der Waals surface area (Å²) in [5.41, 5.74) is -0.755. The Morgan fingerprint density at radius 1 is 1.23 bits per heavy atom. The first-order chi connectivity index (χ1) is 10.4. The molecule has 2 N–H and O–H groups in total. The summed E-state index contributed by atoms with van der Waals surface area (Å²) in [6.07, 6.45) is 5.38. The van der Waals surface area contributed by atoms with Gasteiger partial charge in [0.1, 0.15) is 5.54 Å². The van der Waals surface area contributed by atoms with Crippen LogP contribution in [0.4, 0.5) is 4.79 Å². The standard InChI is InChI=1S/C16H29N3O3/c1-12(2)17-15(21)18-16(8-5-4-6-9-16)14(20)19(3)13-7-10-22-11-13/h12-13H,4-11H2,1-3H3,(H2,17,18,21). The number of hydrogen-bond donors (Lipinski definition) is 2. The Balaban J connectivity index is 2.09. The Kier molecular flexibility index (Phi) is 5.67. The normalized spacial score (nSPS) is 24.1. The summed E-state index contributed by atoms with van der Waals surface area (Å²) in [6, 6.07) is -0.0701. The molecule has 126 valence electrons. The van der Waals surface area contributed by atoms with E-state index >= 15 is 0 Å². The van der Waals surface area contributed by atoms with Crippen LogP contribution in [0.3, 0.4) is 0 Å². The molecule has 0 aromatic carbocycles. The molecule has 1 saturated heterocycles. The Labute approximate surface area is 132 Å². The van der Waals surface area contributed by atoms with E-state index in [1.54, 1.807) is 4.90 Å². The number of hydrogen-bond acceptors (Lipinski definition) is 3. The fraction of sp³-hybridized carbons (Fsp3) is 0.875. The van der Waals surface area contributed by atoms with Crippen molar-refractivity contribution in [2.75, 3.05) is 20.3 Å². The van der Waals surface area contributed by atoms with Gasteiger partial charge in [0, 0.05) is 19.7 Å². The number of nitrogens with zero attached hydrogens (tertiary/aromatic N) is 1. The molecular formula is C16H29N3O3. The summed E-state index contributed by atoms with van der Waals surface area (Å²) < 4.78 is 5.39. The third-order valence-electron chi connectivity index (χ3n) is 4.66. The number of carbonyl (C=O) groups excluding carboxylic acids is 2. The molecule has 0 bridgehead atoms. The number of amides is 3. The van der Waals surface area contributed by atoms with Gasteiger partial charge in [-0.25, -0.2) is 4.79 Å². The molecule has 1 aliphatic carbocycles. The highest BCUT2D eigenvalue weighted by Gasteiger charge is 2.44. The van der Waals surface area contributed by atoms with Crippen molar-refractivity contribution in [2.24, 2.45) is 0 Å². The van der Waals surface area contributed by atoms with E-state index in [0.29, 0.717) is 13.2 Å². The van der Waals surface area contributed by atoms with Gasteiger partial charge in [-0.15, -0.1) is 0 Å². The lowest BCUT2D eigenvalue weighted by Gasteiger charge is -2.40. The van der Waals surface area contributed by atoms with E-state index in [1.165, 1.54) is 0 Å². The number of urea groups is 1. The number of carbonyl (C=O) groups is 2. The molecule has 0 radical (unpaired) electrons. The van der Waals surface area contributed by atoms with Crippen molar-refractivity contribution in [2.45, 2.75) is 70.0 Å². The topological polar surface area (TPSA) is 70.7 Å². The van der Waals surface area contributed by atoms with Gasteiger partial charge in [0.05, 0.1) is 12.6 Å². The van der Waals surface area contributed by atoms with E-state index in [1.807, 2.05) is 20.9 Å². The Morgan fingerprint density at radius 3 is 2.45 bits per heavy atom. The van der Waals surface area contributed by atoms with Crippen LogP contribution in [-0.4, -0.2) is 54.7 Å². The van der Waals surface area contributed by atoms with Gasteiger partial charge in [-0.1, -0.05) is 19.3 Å². The minimum Gasteiger partial charge on any atom is -0.379 e. The molecule has 1 aliphatic heterocycles. The molecular weight excluding hydrogens is 282 g/mol. The molecule has 1 atom stereocenters. The smallest absolute Gasteiger partial charge is 0.315 e. The van der Waals surface area contributed by atoms with Crippen molar-refractivity contribution < 1.29 is 14.3 Å². The number of rotatable bonds is 4. The van der Waals surface area contributed by atoms with Gasteiger partial charge in [0.2, 0.25) is 5.91 Å². The minimum absolute atomic E-state index is 0.0293. The van der Waals surface area contributed by atoms with Gasteiger partial charge in [0.15, 0.2) is 0 Å². The molecule has 6 heteroatoms. The molecule has 0 spiro atoms. The summed E-state index contributed by atoms with van der Waals surface area (Å²) in [6.45, 7) is 5.13. The molecule has 0 aromatic rings. The van der Waals surface area contributed by atoms with Gasteiger partial charge >= 0.3 is 6.03 Å². The maximum Gasteiger partial charge on any atom is 0.315 e. The predicted molar refractivity (Wildman–Crippen MR) is 84.6 cm³/mol. The highest BCUT2D eigenvalue weighted by Crippen LogP contribution is 2.31. The van der Waals surface area contributed by atoms with E-state index in [9.17, 15) is 9.59 Å². The second kappa shape index (κ2) is 7.31. The van der Waals surface area contributed by atoms with Gasteiger partial charge in [-0.05, 0) is 33.1 Å². The molecule has 2 fully saturated rings. The predicted octanol–water partition coefficient (Wildman–Crippen LogP) is 1.64. The van der Waals surface area contributed by atoms with Crippen molar-refractivity contribution in [3.63, 3.8) is 0 Å². The molecule has 1 unspecified atom stereocenters. The Morgan fingerprint density at radius 2 is 1.91 bits per heavy atom. The highest BCUT2D eigenvalue weighted by molar-refractivity contribution is 5.91. The van der Waals surface area contributed by atoms with Crippen molar-refractivity contribution in [1.82, 2.24) is 15.5 Å². The van der Waals surface area contributed by atoms with E-state index in [0.717, 1.165) is 38.5 Å². The SMILES string of the molecule is CC(C)NC(=O)NC1(C(=O)N(C)C2CCOC2)CCCCC1. The molecule has 1 saturated carbocycles. The molecule has 2 rings (SSSR count). The van der Waals surface area contributed by atoms with Crippen LogP contribution in [0.1, 0.15) is 52.4 Å². The fourth-order valence-electron chi connectivity index (χ4n) is 3.39. The Bertz CT molecular complexity index is 399. The van der Waals surface area contributed by atoms with Crippen LogP contribution in [-0.2, 0) is 9.53 Å². The minimum atomic E-state index is -0.755. The first-order valence-electron chi connectivity index (χ1n) is 8.38. The summed E-state index contributed by atoms with van der Waals surface area (Å²) in [7, 11) is 1.83. The van der Waals surface area contributed by atoms with Gasteiger partial charge in [-0.3, -0.25) is 4.79 Å². The van der Waals surface area contributed by atoms with E-state index in [4.69, 9.17) is 4.74 Å². The Hall–Kier alpha value is -1.30. The van der Waals surface area contributed by atoms with Crippen LogP contribution in [0.25, 0.3) is 0 Å². The first kappa shape index (κ1) is 17.1. The molecule has 0 aromatic heterocycles. The third-order valence-corrected chi connectivity index (χ3v) is 4.66. The van der Waals surface area contributed by atoms with Gasteiger partial charge in [-0.2, -0.15) is 0 Å². The second-order valence-corrected chi connectivity index (χ2v) is 6.83. The quantitative estimate of drug-likeness (QED) is 0.829. The number of nitrogens with one attached hydrogen (secondary N) is 2. The van der Waals surface area contributed by atoms with Crippen molar-refractivity contribution in [3.05, 3.63) is 0 Å². The molecule has 22 heavy (non-hydrogen) atoms. The van der Waals surface area contributed by atoms with E-state index in [2.05, 4.69) is 10.6 Å². The average Bonchev–Trinajstić information content (AvgIpc) is 2.99. The molecule has 2 aliphatic rings. The van der Waals surface area contributed by atoms with Crippen molar-refractivity contribution in [3.8, 4) is 0 Å². The van der Waals surface area contributed by atoms with Crippen LogP contribution in [0.2, 0.25) is 0 Å². The summed E-state index contributed by atoms with van der Waals surface area (Å²) in [5.74, 6) is 0.0293. The number of ether oxygens (including phenoxy) is 1. The van der Waals surface area contributed by atoms with E-state index < -0.39 is 5.54 Å². The third kappa shape index (κ3) is 3.91. The molecule has 6 nitrogen and oxygen atoms in total. The zero-order valence-electron chi connectivity index (χ0n) is 14.0. The van der Waals surface area contributed by atoms with Gasteiger partial charge < -0.3 is 20.3 Å². The van der Waals surface area contributed by atoms with Crippen LogP contribution >= 0.6 is 0 Å². The summed E-state index contributed by atoms with van der Waals surface area (Å²) >= 11 is 0. The first-order valence-corrected chi connectivity index (χ1v) is 8.38. The van der Waals surface area contributed by atoms with Crippen molar-refractivity contribution >= 4 is 11.9 Å². The summed E-state index contributed by atoms with van der Waals surface area (Å²) in [5, 5.41) is 5.82. The fourth-order valence-corrected chi connectivity index (χ4v) is 3.39. The van der Waals surface area contributed by atoms with Crippen LogP contribution in [0.5, 0.6) is 0 Å². The highest BCUT2D eigenvalue weighted by atomic mass is 16.5. The monoisotopic (exact) mass is 311 g/mol. The lowest BCUT2D eigenvalue weighted by molar-refractivity contribution is -0.140. The van der Waals surface area contributed by atoms with Crippen LogP contribution in [0.15, 0.2) is 0 Å². The summed E-state index contributed by atoms with van der Waals surface area (Å²) in [4.78, 5) is 27.0. The lowest BCUT2D eigenvalue weighted by Crippen LogP contribution is -2.63. The molecule has 1 heterocycles. The van der Waals surface area contributed by atoms with Crippen molar-refractivity contribution in [1.29, 1.82) is 0 Å². The zero-order valence-corrected chi connectivity index (χ0v) is 14.0. The maximum atomic E-state index is 13.1. The number of likely N-dealkylation sites (N-methyl/N-ethyl adjacent to an activating group) is 1. The second-order valence-electron chi connectivity index (χ2n) is 6.83. The zero-order chi connectivity index (χ0) is 16.2. The van der Waals surface area contributed by atoms with E-state index in [-0.39, 0.29) is 24.0 Å². The van der Waals surface area contributed by atoms with Crippen LogP contribution < -0.4 is 10.6 Å².